The van der Waals surface area contributed by atoms with E-state index in [4.69, 9.17) is 0 Å². The van der Waals surface area contributed by atoms with Crippen molar-refractivity contribution < 1.29 is 23.1 Å². The van der Waals surface area contributed by atoms with Gasteiger partial charge in [0.15, 0.2) is 0 Å². The molecule has 1 amide bonds. The zero-order chi connectivity index (χ0) is 21.1. The van der Waals surface area contributed by atoms with Crippen LogP contribution >= 0.6 is 0 Å². The molecule has 0 unspecified atom stereocenters. The van der Waals surface area contributed by atoms with E-state index in [1.54, 1.807) is 19.9 Å². The number of anilines is 1. The number of amides is 1. The summed E-state index contributed by atoms with van der Waals surface area (Å²) >= 11 is 0. The van der Waals surface area contributed by atoms with Crippen molar-refractivity contribution >= 4 is 27.4 Å². The summed E-state index contributed by atoms with van der Waals surface area (Å²) in [6.07, 6.45) is 1.48. The quantitative estimate of drug-likeness (QED) is 0.713. The molecule has 28 heavy (non-hydrogen) atoms. The van der Waals surface area contributed by atoms with Gasteiger partial charge in [0.1, 0.15) is 5.78 Å². The number of aliphatic hydroxyl groups is 1. The van der Waals surface area contributed by atoms with Crippen LogP contribution in [0.3, 0.4) is 0 Å². The summed E-state index contributed by atoms with van der Waals surface area (Å²) in [6.45, 7) is 8.08. The number of Topliss-reactive ketones (excluding diaryl/α,β-unsaturated/α-hetero) is 1. The second-order valence-electron chi connectivity index (χ2n) is 7.89. The lowest BCUT2D eigenvalue weighted by atomic mass is 9.87. The molecule has 0 saturated carbocycles. The fourth-order valence-corrected chi connectivity index (χ4v) is 4.51. The Hall–Kier alpha value is -1.93. The third-order valence-corrected chi connectivity index (χ3v) is 6.44. The Morgan fingerprint density at radius 3 is 2.25 bits per heavy atom. The standard InChI is InChI=1S/C20H30N2O5S/c1-13(2)19(24)15-7-9-22(10-8-15)18-6-5-17(11-16(18)12-23)28(26,27)21-20(25)14(3)4/h5-6,11,13-15,23H,7-10,12H2,1-4H3,(H,21,25). The highest BCUT2D eigenvalue weighted by Crippen LogP contribution is 2.29. The first-order valence-corrected chi connectivity index (χ1v) is 11.1. The summed E-state index contributed by atoms with van der Waals surface area (Å²) in [6, 6.07) is 4.50. The lowest BCUT2D eigenvalue weighted by Crippen LogP contribution is -2.38. The molecule has 0 spiro atoms. The Balaban J connectivity index is 2.18. The molecule has 1 aromatic carbocycles. The number of hydrogen-bond donors (Lipinski definition) is 2. The fourth-order valence-electron chi connectivity index (χ4n) is 3.35. The minimum atomic E-state index is -3.99. The summed E-state index contributed by atoms with van der Waals surface area (Å²) in [5.41, 5.74) is 1.24. The lowest BCUT2D eigenvalue weighted by Gasteiger charge is -2.34. The van der Waals surface area contributed by atoms with E-state index in [1.807, 2.05) is 13.8 Å². The van der Waals surface area contributed by atoms with Gasteiger partial charge in [-0.15, -0.1) is 0 Å². The summed E-state index contributed by atoms with van der Waals surface area (Å²) < 4.78 is 26.9. The zero-order valence-electron chi connectivity index (χ0n) is 16.9. The van der Waals surface area contributed by atoms with Crippen LogP contribution < -0.4 is 9.62 Å². The van der Waals surface area contributed by atoms with Crippen LogP contribution in [0.5, 0.6) is 0 Å². The molecule has 156 valence electrons. The number of carbonyl (C=O) groups excluding carboxylic acids is 2. The Bertz CT molecular complexity index is 825. The molecule has 1 heterocycles. The smallest absolute Gasteiger partial charge is 0.264 e. The third kappa shape index (κ3) is 5.11. The van der Waals surface area contributed by atoms with Gasteiger partial charge in [-0.25, -0.2) is 13.1 Å². The molecule has 1 aliphatic rings. The number of nitrogens with zero attached hydrogens (tertiary/aromatic N) is 1. The van der Waals surface area contributed by atoms with E-state index in [9.17, 15) is 23.1 Å². The SMILES string of the molecule is CC(C)C(=O)NS(=O)(=O)c1ccc(N2CCC(C(=O)C(C)C)CC2)c(CO)c1. The van der Waals surface area contributed by atoms with E-state index in [-0.39, 0.29) is 29.1 Å². The van der Waals surface area contributed by atoms with Gasteiger partial charge in [0.05, 0.1) is 11.5 Å². The minimum Gasteiger partial charge on any atom is -0.392 e. The maximum absolute atomic E-state index is 12.4. The van der Waals surface area contributed by atoms with Crippen LogP contribution in [0.1, 0.15) is 46.1 Å². The Morgan fingerprint density at radius 1 is 1.14 bits per heavy atom. The predicted octanol–water partition coefficient (Wildman–Crippen LogP) is 2.08. The van der Waals surface area contributed by atoms with Crippen LogP contribution in [0.4, 0.5) is 5.69 Å². The van der Waals surface area contributed by atoms with Crippen molar-refractivity contribution in [3.63, 3.8) is 0 Å². The maximum Gasteiger partial charge on any atom is 0.264 e. The second kappa shape index (κ2) is 9.05. The van der Waals surface area contributed by atoms with Crippen LogP contribution in [-0.2, 0) is 26.2 Å². The average Bonchev–Trinajstić information content (AvgIpc) is 2.66. The van der Waals surface area contributed by atoms with Crippen LogP contribution in [0.2, 0.25) is 0 Å². The summed E-state index contributed by atoms with van der Waals surface area (Å²) in [5.74, 6) is -0.674. The number of sulfonamides is 1. The summed E-state index contributed by atoms with van der Waals surface area (Å²) in [4.78, 5) is 26.0. The number of carbonyl (C=O) groups is 2. The van der Waals surface area contributed by atoms with Crippen LogP contribution in [-0.4, -0.2) is 38.3 Å². The molecule has 2 rings (SSSR count). The van der Waals surface area contributed by atoms with Gasteiger partial charge in [0, 0.05) is 42.1 Å². The number of piperidine rings is 1. The first-order valence-electron chi connectivity index (χ1n) is 9.66. The van der Waals surface area contributed by atoms with Gasteiger partial charge in [0.2, 0.25) is 5.91 Å². The first-order chi connectivity index (χ1) is 13.1. The molecule has 0 aliphatic carbocycles. The monoisotopic (exact) mass is 410 g/mol. The molecule has 0 radical (unpaired) electrons. The first kappa shape index (κ1) is 22.4. The van der Waals surface area contributed by atoms with Gasteiger partial charge in [0.25, 0.3) is 10.0 Å². The van der Waals surface area contributed by atoms with Crippen molar-refractivity contribution in [3.05, 3.63) is 23.8 Å². The highest BCUT2D eigenvalue weighted by Gasteiger charge is 2.28. The molecule has 1 aromatic rings. The van der Waals surface area contributed by atoms with Crippen molar-refractivity contribution in [1.29, 1.82) is 0 Å². The molecule has 0 atom stereocenters. The zero-order valence-corrected chi connectivity index (χ0v) is 17.8. The second-order valence-corrected chi connectivity index (χ2v) is 9.57. The predicted molar refractivity (Wildman–Crippen MR) is 107 cm³/mol. The van der Waals surface area contributed by atoms with E-state index in [2.05, 4.69) is 9.62 Å². The van der Waals surface area contributed by atoms with Crippen molar-refractivity contribution in [3.8, 4) is 0 Å². The lowest BCUT2D eigenvalue weighted by molar-refractivity contribution is -0.126. The van der Waals surface area contributed by atoms with Gasteiger partial charge in [-0.05, 0) is 31.0 Å². The molecular weight excluding hydrogens is 380 g/mol. The van der Waals surface area contributed by atoms with Gasteiger partial charge in [-0.1, -0.05) is 27.7 Å². The normalized spacial score (nSPS) is 15.9. The van der Waals surface area contributed by atoms with Gasteiger partial charge < -0.3 is 10.0 Å². The number of rotatable bonds is 7. The van der Waals surface area contributed by atoms with Crippen LogP contribution in [0, 0.1) is 17.8 Å². The van der Waals surface area contributed by atoms with Gasteiger partial charge in [-0.3, -0.25) is 9.59 Å². The number of nitrogens with one attached hydrogen (secondary N) is 1. The van der Waals surface area contributed by atoms with Gasteiger partial charge >= 0.3 is 0 Å². The topological polar surface area (TPSA) is 104 Å². The molecule has 0 bridgehead atoms. The van der Waals surface area contributed by atoms with Crippen molar-refractivity contribution in [2.45, 2.75) is 52.0 Å². The van der Waals surface area contributed by atoms with Gasteiger partial charge in [-0.2, -0.15) is 0 Å². The van der Waals surface area contributed by atoms with E-state index >= 15 is 0 Å². The van der Waals surface area contributed by atoms with E-state index in [0.29, 0.717) is 18.7 Å². The molecule has 1 fully saturated rings. The average molecular weight is 411 g/mol. The van der Waals surface area contributed by atoms with Crippen molar-refractivity contribution in [1.82, 2.24) is 4.72 Å². The Kier molecular flexibility index (Phi) is 7.22. The van der Waals surface area contributed by atoms with Crippen LogP contribution in [0.25, 0.3) is 0 Å². The number of ketones is 1. The fraction of sp³-hybridized carbons (Fsp3) is 0.600. The molecule has 0 aromatic heterocycles. The highest BCUT2D eigenvalue weighted by molar-refractivity contribution is 7.90. The van der Waals surface area contributed by atoms with E-state index in [1.165, 1.54) is 12.1 Å². The summed E-state index contributed by atoms with van der Waals surface area (Å²) in [7, 11) is -3.99. The van der Waals surface area contributed by atoms with Crippen molar-refractivity contribution in [2.75, 3.05) is 18.0 Å². The number of benzene rings is 1. The van der Waals surface area contributed by atoms with E-state index < -0.39 is 21.8 Å². The Labute approximate surface area is 167 Å². The third-order valence-electron chi connectivity index (χ3n) is 5.10. The Morgan fingerprint density at radius 2 is 1.75 bits per heavy atom. The minimum absolute atomic E-state index is 0.0232. The van der Waals surface area contributed by atoms with Crippen LogP contribution in [0.15, 0.2) is 23.1 Å². The summed E-state index contributed by atoms with van der Waals surface area (Å²) in [5, 5.41) is 9.76. The molecule has 2 N–H and O–H groups in total. The maximum atomic E-state index is 12.4. The molecular formula is C20H30N2O5S. The molecule has 1 saturated heterocycles. The molecule has 1 aliphatic heterocycles. The molecule has 7 nitrogen and oxygen atoms in total. The number of hydrogen-bond acceptors (Lipinski definition) is 6. The number of aliphatic hydroxyl groups excluding tert-OH is 1. The van der Waals surface area contributed by atoms with Crippen molar-refractivity contribution in [2.24, 2.45) is 17.8 Å². The highest BCUT2D eigenvalue weighted by atomic mass is 32.2. The largest absolute Gasteiger partial charge is 0.392 e. The van der Waals surface area contributed by atoms with E-state index in [0.717, 1.165) is 18.5 Å². The molecule has 8 heteroatoms.